The maximum atomic E-state index is 5.69. The van der Waals surface area contributed by atoms with E-state index >= 15 is 0 Å². The second kappa shape index (κ2) is 3.62. The van der Waals surface area contributed by atoms with Crippen LogP contribution in [-0.4, -0.2) is 14.7 Å². The van der Waals surface area contributed by atoms with Gasteiger partial charge in [-0.15, -0.1) is 0 Å². The third-order valence-electron chi connectivity index (χ3n) is 2.82. The first kappa shape index (κ1) is 9.53. The van der Waals surface area contributed by atoms with Gasteiger partial charge in [-0.2, -0.15) is 0 Å². The molecule has 0 amide bonds. The monoisotopic (exact) mass is 204 g/mol. The van der Waals surface area contributed by atoms with E-state index in [-0.39, 0.29) is 0 Å². The Labute approximate surface area is 86.4 Å². The highest BCUT2D eigenvalue weighted by molar-refractivity contribution is 6.95. The van der Waals surface area contributed by atoms with Crippen molar-refractivity contribution in [2.24, 2.45) is 0 Å². The lowest BCUT2D eigenvalue weighted by atomic mass is 10.4. The van der Waals surface area contributed by atoms with Gasteiger partial charge >= 0.3 is 0 Å². The Balaban J connectivity index is 2.32. The van der Waals surface area contributed by atoms with Gasteiger partial charge in [0, 0.05) is 6.42 Å². The maximum absolute atomic E-state index is 5.69. The van der Waals surface area contributed by atoms with Gasteiger partial charge in [-0.05, 0) is 6.08 Å². The highest BCUT2D eigenvalue weighted by Gasteiger charge is 2.31. The minimum atomic E-state index is -1.51. The molecule has 1 heterocycles. The van der Waals surface area contributed by atoms with E-state index in [4.69, 9.17) is 4.74 Å². The lowest BCUT2D eigenvalue weighted by Gasteiger charge is -2.23. The molecule has 1 aromatic rings. The highest BCUT2D eigenvalue weighted by Crippen LogP contribution is 2.21. The van der Waals surface area contributed by atoms with Crippen LogP contribution in [0.1, 0.15) is 6.42 Å². The molecule has 0 atom stereocenters. The predicted molar refractivity (Wildman–Crippen MR) is 62.2 cm³/mol. The quantitative estimate of drug-likeness (QED) is 0.672. The van der Waals surface area contributed by atoms with Gasteiger partial charge < -0.3 is 4.74 Å². The van der Waals surface area contributed by atoms with Crippen LogP contribution < -0.4 is 5.19 Å². The zero-order valence-electron chi connectivity index (χ0n) is 8.79. The molecule has 1 aliphatic heterocycles. The molecule has 0 fully saturated rings. The first-order valence-corrected chi connectivity index (χ1v) is 8.10. The van der Waals surface area contributed by atoms with Crippen LogP contribution in [0.2, 0.25) is 13.1 Å². The Morgan fingerprint density at radius 2 is 1.86 bits per heavy atom. The van der Waals surface area contributed by atoms with Crippen LogP contribution >= 0.6 is 0 Å². The lowest BCUT2D eigenvalue weighted by Crippen LogP contribution is -2.43. The molecular formula is C12H16OSi. The van der Waals surface area contributed by atoms with Crippen molar-refractivity contribution in [2.75, 3.05) is 6.61 Å². The van der Waals surface area contributed by atoms with Crippen molar-refractivity contribution in [3.8, 4) is 0 Å². The molecule has 14 heavy (non-hydrogen) atoms. The van der Waals surface area contributed by atoms with Crippen LogP contribution in [0, 0.1) is 0 Å². The molecule has 0 spiro atoms. The highest BCUT2D eigenvalue weighted by atomic mass is 28.3. The number of rotatable bonds is 2. The number of benzene rings is 1. The van der Waals surface area contributed by atoms with E-state index in [2.05, 4.69) is 49.5 Å². The minimum absolute atomic E-state index is 0.874. The topological polar surface area (TPSA) is 9.23 Å². The van der Waals surface area contributed by atoms with Crippen molar-refractivity contribution >= 4 is 13.3 Å². The van der Waals surface area contributed by atoms with Crippen molar-refractivity contribution in [1.82, 2.24) is 0 Å². The first-order valence-electron chi connectivity index (χ1n) is 5.10. The second-order valence-electron chi connectivity index (χ2n) is 4.20. The van der Waals surface area contributed by atoms with Crippen LogP contribution in [0.15, 0.2) is 41.8 Å². The second-order valence-corrected chi connectivity index (χ2v) is 8.52. The number of hydrogen-bond donors (Lipinski definition) is 0. The van der Waals surface area contributed by atoms with Crippen LogP contribution in [0.3, 0.4) is 0 Å². The predicted octanol–water partition coefficient (Wildman–Crippen LogP) is 2.45. The Hall–Kier alpha value is -1.02. The smallest absolute Gasteiger partial charge is 0.155 e. The minimum Gasteiger partial charge on any atom is -0.503 e. The Kier molecular flexibility index (Phi) is 2.46. The molecule has 1 nitrogen and oxygen atoms in total. The zero-order valence-corrected chi connectivity index (χ0v) is 9.79. The van der Waals surface area contributed by atoms with E-state index in [0.29, 0.717) is 0 Å². The zero-order chi connectivity index (χ0) is 10.0. The van der Waals surface area contributed by atoms with Gasteiger partial charge in [0.1, 0.15) is 0 Å². The summed E-state index contributed by atoms with van der Waals surface area (Å²) in [5.74, 6) is 0. The summed E-state index contributed by atoms with van der Waals surface area (Å²) in [6.45, 7) is 5.57. The Bertz CT molecular complexity index is 341. The summed E-state index contributed by atoms with van der Waals surface area (Å²) in [6, 6.07) is 10.7. The fraction of sp³-hybridized carbons (Fsp3) is 0.333. The Morgan fingerprint density at radius 1 is 1.14 bits per heavy atom. The van der Waals surface area contributed by atoms with Crippen molar-refractivity contribution in [3.63, 3.8) is 0 Å². The molecule has 0 bridgehead atoms. The molecule has 0 N–H and O–H groups in total. The molecule has 0 unspecified atom stereocenters. The molecule has 0 aliphatic carbocycles. The Morgan fingerprint density at radius 3 is 2.43 bits per heavy atom. The number of ether oxygens (including phenoxy) is 1. The summed E-state index contributed by atoms with van der Waals surface area (Å²) in [5, 5.41) is 2.71. The summed E-state index contributed by atoms with van der Waals surface area (Å²) < 4.78 is 5.69. The molecule has 0 saturated heterocycles. The SMILES string of the molecule is C[Si](C)(C1=CCCO1)c1ccccc1. The third kappa shape index (κ3) is 1.62. The molecular weight excluding hydrogens is 188 g/mol. The first-order chi connectivity index (χ1) is 6.71. The summed E-state index contributed by atoms with van der Waals surface area (Å²) in [6.07, 6.45) is 3.35. The van der Waals surface area contributed by atoms with E-state index in [1.54, 1.807) is 0 Å². The van der Waals surface area contributed by atoms with Gasteiger partial charge in [-0.3, -0.25) is 0 Å². The number of hydrogen-bond acceptors (Lipinski definition) is 1. The van der Waals surface area contributed by atoms with Crippen molar-refractivity contribution in [2.45, 2.75) is 19.5 Å². The summed E-state index contributed by atoms with van der Waals surface area (Å²) in [5.41, 5.74) is 0. The lowest BCUT2D eigenvalue weighted by molar-refractivity contribution is 0.265. The van der Waals surface area contributed by atoms with Crippen molar-refractivity contribution in [1.29, 1.82) is 0 Å². The fourth-order valence-electron chi connectivity index (χ4n) is 1.85. The third-order valence-corrected chi connectivity index (χ3v) is 6.17. The van der Waals surface area contributed by atoms with Gasteiger partial charge in [0.2, 0.25) is 0 Å². The molecule has 74 valence electrons. The van der Waals surface area contributed by atoms with Gasteiger partial charge in [-0.25, -0.2) is 0 Å². The summed E-state index contributed by atoms with van der Waals surface area (Å²) in [7, 11) is -1.51. The van der Waals surface area contributed by atoms with Crippen LogP contribution in [0.4, 0.5) is 0 Å². The van der Waals surface area contributed by atoms with Gasteiger partial charge in [0.15, 0.2) is 8.07 Å². The van der Waals surface area contributed by atoms with E-state index < -0.39 is 8.07 Å². The van der Waals surface area contributed by atoms with E-state index in [9.17, 15) is 0 Å². The van der Waals surface area contributed by atoms with E-state index in [1.807, 2.05) is 0 Å². The van der Waals surface area contributed by atoms with E-state index in [1.165, 1.54) is 10.6 Å². The van der Waals surface area contributed by atoms with Crippen LogP contribution in [0.25, 0.3) is 0 Å². The van der Waals surface area contributed by atoms with Gasteiger partial charge in [0.05, 0.1) is 12.0 Å². The largest absolute Gasteiger partial charge is 0.503 e. The van der Waals surface area contributed by atoms with Gasteiger partial charge in [0.25, 0.3) is 0 Å². The van der Waals surface area contributed by atoms with Crippen LogP contribution in [-0.2, 0) is 4.74 Å². The summed E-state index contributed by atoms with van der Waals surface area (Å²) in [4.78, 5) is 0. The molecule has 1 aromatic carbocycles. The van der Waals surface area contributed by atoms with Crippen LogP contribution in [0.5, 0.6) is 0 Å². The molecule has 0 saturated carbocycles. The summed E-state index contributed by atoms with van der Waals surface area (Å²) >= 11 is 0. The molecule has 1 aliphatic rings. The van der Waals surface area contributed by atoms with Crippen molar-refractivity contribution in [3.05, 3.63) is 41.8 Å². The normalized spacial score (nSPS) is 16.3. The average molecular weight is 204 g/mol. The molecule has 0 radical (unpaired) electrons. The van der Waals surface area contributed by atoms with Crippen molar-refractivity contribution < 1.29 is 4.74 Å². The average Bonchev–Trinajstić information content (AvgIpc) is 2.72. The molecule has 0 aromatic heterocycles. The standard InChI is InChI=1S/C12H16OSi/c1-14(2,12-9-6-10-13-12)11-7-4-3-5-8-11/h3-5,7-9H,6,10H2,1-2H3. The fourth-order valence-corrected chi connectivity index (χ4v) is 4.28. The molecule has 2 rings (SSSR count). The van der Waals surface area contributed by atoms with E-state index in [0.717, 1.165) is 13.0 Å². The van der Waals surface area contributed by atoms with Gasteiger partial charge in [-0.1, -0.05) is 48.6 Å². The maximum Gasteiger partial charge on any atom is 0.155 e. The molecule has 2 heteroatoms.